The van der Waals surface area contributed by atoms with Crippen molar-refractivity contribution >= 4 is 29.3 Å². The maximum atomic E-state index is 12.3. The number of benzene rings is 1. The monoisotopic (exact) mass is 292 g/mol. The molecule has 1 aliphatic heterocycles. The number of aliphatic hydroxyl groups is 1. The summed E-state index contributed by atoms with van der Waals surface area (Å²) in [5, 5.41) is 11.8. The van der Waals surface area contributed by atoms with Crippen LogP contribution in [0.15, 0.2) is 35.7 Å². The predicted molar refractivity (Wildman–Crippen MR) is 79.0 cm³/mol. The minimum atomic E-state index is -0.188. The van der Waals surface area contributed by atoms with Gasteiger partial charge in [0.25, 0.3) is 5.91 Å². The first kappa shape index (κ1) is 14.6. The lowest BCUT2D eigenvalue weighted by Gasteiger charge is -2.22. The Bertz CT molecular complexity index is 545. The predicted octanol–water partition coefficient (Wildman–Crippen LogP) is 1.35. The number of nitrogens with zero attached hydrogens (tertiary/aromatic N) is 1. The molecule has 1 heterocycles. The maximum absolute atomic E-state index is 12.3. The summed E-state index contributed by atoms with van der Waals surface area (Å²) in [5.74, 6) is 0.143. The summed E-state index contributed by atoms with van der Waals surface area (Å²) in [4.78, 5) is 26.2. The molecule has 0 atom stereocenters. The van der Waals surface area contributed by atoms with Gasteiger partial charge in [-0.1, -0.05) is 6.08 Å². The van der Waals surface area contributed by atoms with E-state index in [4.69, 9.17) is 5.11 Å². The van der Waals surface area contributed by atoms with Gasteiger partial charge in [0.15, 0.2) is 0 Å². The van der Waals surface area contributed by atoms with Crippen LogP contribution in [0.25, 0.3) is 0 Å². The van der Waals surface area contributed by atoms with Gasteiger partial charge in [0, 0.05) is 23.5 Å². The zero-order valence-corrected chi connectivity index (χ0v) is 11.8. The van der Waals surface area contributed by atoms with Gasteiger partial charge in [-0.25, -0.2) is 0 Å². The molecule has 0 bridgehead atoms. The van der Waals surface area contributed by atoms with E-state index in [-0.39, 0.29) is 25.0 Å². The van der Waals surface area contributed by atoms with Gasteiger partial charge in [0.05, 0.1) is 18.0 Å². The number of amides is 2. The highest BCUT2D eigenvalue weighted by atomic mass is 32.2. The van der Waals surface area contributed by atoms with E-state index in [1.807, 2.05) is 6.07 Å². The topological polar surface area (TPSA) is 69.6 Å². The zero-order chi connectivity index (χ0) is 14.5. The van der Waals surface area contributed by atoms with Gasteiger partial charge in [-0.2, -0.15) is 0 Å². The van der Waals surface area contributed by atoms with Crippen molar-refractivity contribution in [1.29, 1.82) is 0 Å². The Hall–Kier alpha value is -1.79. The fourth-order valence-corrected chi connectivity index (χ4v) is 2.74. The number of thioether (sulfide) groups is 1. The van der Waals surface area contributed by atoms with Gasteiger partial charge < -0.3 is 15.3 Å². The summed E-state index contributed by atoms with van der Waals surface area (Å²) in [6, 6.07) is 5.24. The largest absolute Gasteiger partial charge is 0.395 e. The van der Waals surface area contributed by atoms with E-state index in [9.17, 15) is 9.59 Å². The van der Waals surface area contributed by atoms with Crippen LogP contribution in [0.4, 0.5) is 5.69 Å². The SMILES string of the molecule is C=CCN(CCO)C(=O)c1ccc2c(c1)NC(=O)CS2. The van der Waals surface area contributed by atoms with Crippen LogP contribution in [0.1, 0.15) is 10.4 Å². The van der Waals surface area contributed by atoms with Crippen molar-refractivity contribution in [3.05, 3.63) is 36.4 Å². The first-order chi connectivity index (χ1) is 9.65. The van der Waals surface area contributed by atoms with Crippen molar-refractivity contribution < 1.29 is 14.7 Å². The molecular formula is C14H16N2O3S. The van der Waals surface area contributed by atoms with Crippen molar-refractivity contribution in [1.82, 2.24) is 4.90 Å². The van der Waals surface area contributed by atoms with Crippen LogP contribution in [0.5, 0.6) is 0 Å². The molecule has 0 saturated carbocycles. The summed E-state index contributed by atoms with van der Waals surface area (Å²) < 4.78 is 0. The molecule has 2 rings (SSSR count). The second-order valence-corrected chi connectivity index (χ2v) is 5.33. The lowest BCUT2D eigenvalue weighted by atomic mass is 10.1. The third kappa shape index (κ3) is 3.20. The molecule has 0 aromatic heterocycles. The first-order valence-corrected chi connectivity index (χ1v) is 7.22. The third-order valence-corrected chi connectivity index (χ3v) is 3.94. The van der Waals surface area contributed by atoms with E-state index in [1.165, 1.54) is 16.7 Å². The number of anilines is 1. The van der Waals surface area contributed by atoms with Crippen LogP contribution in [-0.2, 0) is 4.79 Å². The van der Waals surface area contributed by atoms with E-state index >= 15 is 0 Å². The molecule has 106 valence electrons. The molecule has 0 saturated heterocycles. The lowest BCUT2D eigenvalue weighted by molar-refractivity contribution is -0.113. The minimum Gasteiger partial charge on any atom is -0.395 e. The number of hydrogen-bond acceptors (Lipinski definition) is 4. The fraction of sp³-hybridized carbons (Fsp3) is 0.286. The second kappa shape index (κ2) is 6.58. The molecular weight excluding hydrogens is 276 g/mol. The first-order valence-electron chi connectivity index (χ1n) is 6.23. The van der Waals surface area contributed by atoms with Crippen molar-refractivity contribution in [2.45, 2.75) is 4.90 Å². The lowest BCUT2D eigenvalue weighted by Crippen LogP contribution is -2.33. The van der Waals surface area contributed by atoms with Gasteiger partial charge >= 0.3 is 0 Å². The average molecular weight is 292 g/mol. The number of fused-ring (bicyclic) bond motifs is 1. The molecule has 2 N–H and O–H groups in total. The van der Waals surface area contributed by atoms with Crippen molar-refractivity contribution in [3.63, 3.8) is 0 Å². The molecule has 2 amide bonds. The van der Waals surface area contributed by atoms with Gasteiger partial charge in [0.1, 0.15) is 0 Å². The minimum absolute atomic E-state index is 0.0644. The Morgan fingerprint density at radius 3 is 3.05 bits per heavy atom. The molecule has 0 radical (unpaired) electrons. The highest BCUT2D eigenvalue weighted by molar-refractivity contribution is 8.00. The quantitative estimate of drug-likeness (QED) is 0.804. The standard InChI is InChI=1S/C14H16N2O3S/c1-2-5-16(6-7-17)14(19)10-3-4-12-11(8-10)15-13(18)9-20-12/h2-4,8,17H,1,5-7,9H2,(H,15,18). The van der Waals surface area contributed by atoms with Crippen molar-refractivity contribution in [2.75, 3.05) is 30.8 Å². The number of carbonyl (C=O) groups excluding carboxylic acids is 2. The molecule has 6 heteroatoms. The average Bonchev–Trinajstić information content (AvgIpc) is 2.45. The Balaban J connectivity index is 2.23. The normalized spacial score (nSPS) is 13.3. The maximum Gasteiger partial charge on any atom is 0.254 e. The zero-order valence-electron chi connectivity index (χ0n) is 11.0. The van der Waals surface area contributed by atoms with E-state index in [1.54, 1.807) is 18.2 Å². The second-order valence-electron chi connectivity index (χ2n) is 4.31. The molecule has 20 heavy (non-hydrogen) atoms. The molecule has 0 fully saturated rings. The van der Waals surface area contributed by atoms with Gasteiger partial charge in [-0.05, 0) is 18.2 Å². The molecule has 5 nitrogen and oxygen atoms in total. The molecule has 1 aromatic carbocycles. The highest BCUT2D eigenvalue weighted by Gasteiger charge is 2.19. The number of rotatable bonds is 5. The van der Waals surface area contributed by atoms with Crippen LogP contribution in [0.2, 0.25) is 0 Å². The molecule has 0 spiro atoms. The van der Waals surface area contributed by atoms with Crippen LogP contribution in [0.3, 0.4) is 0 Å². The van der Waals surface area contributed by atoms with Gasteiger partial charge in [0.2, 0.25) is 5.91 Å². The smallest absolute Gasteiger partial charge is 0.254 e. The fourth-order valence-electron chi connectivity index (χ4n) is 1.95. The molecule has 1 aromatic rings. The van der Waals surface area contributed by atoms with Crippen LogP contribution >= 0.6 is 11.8 Å². The van der Waals surface area contributed by atoms with E-state index in [2.05, 4.69) is 11.9 Å². The van der Waals surface area contributed by atoms with E-state index in [0.717, 1.165) is 4.90 Å². The Labute approximate surface area is 121 Å². The molecule has 0 aliphatic carbocycles. The Morgan fingerprint density at radius 1 is 1.55 bits per heavy atom. The number of carbonyl (C=O) groups is 2. The number of aliphatic hydroxyl groups excluding tert-OH is 1. The van der Waals surface area contributed by atoms with Crippen LogP contribution in [-0.4, -0.2) is 47.3 Å². The van der Waals surface area contributed by atoms with Gasteiger partial charge in [-0.15, -0.1) is 18.3 Å². The molecule has 0 unspecified atom stereocenters. The number of nitrogens with one attached hydrogen (secondary N) is 1. The van der Waals surface area contributed by atoms with Crippen molar-refractivity contribution in [3.8, 4) is 0 Å². The van der Waals surface area contributed by atoms with Crippen LogP contribution in [0, 0.1) is 0 Å². The van der Waals surface area contributed by atoms with E-state index < -0.39 is 0 Å². The number of hydrogen-bond donors (Lipinski definition) is 2. The highest BCUT2D eigenvalue weighted by Crippen LogP contribution is 2.32. The summed E-state index contributed by atoms with van der Waals surface area (Å²) in [6.45, 7) is 4.13. The Kier molecular flexibility index (Phi) is 4.81. The summed E-state index contributed by atoms with van der Waals surface area (Å²) in [5.41, 5.74) is 1.15. The van der Waals surface area contributed by atoms with Crippen molar-refractivity contribution in [2.24, 2.45) is 0 Å². The van der Waals surface area contributed by atoms with E-state index in [0.29, 0.717) is 23.5 Å². The molecule has 1 aliphatic rings. The summed E-state index contributed by atoms with van der Waals surface area (Å²) >= 11 is 1.45. The van der Waals surface area contributed by atoms with Crippen LogP contribution < -0.4 is 5.32 Å². The Morgan fingerprint density at radius 2 is 2.35 bits per heavy atom. The van der Waals surface area contributed by atoms with Gasteiger partial charge in [-0.3, -0.25) is 9.59 Å². The summed E-state index contributed by atoms with van der Waals surface area (Å²) in [6.07, 6.45) is 1.61. The third-order valence-electron chi connectivity index (χ3n) is 2.87. The summed E-state index contributed by atoms with van der Waals surface area (Å²) in [7, 11) is 0.